The zero-order valence-corrected chi connectivity index (χ0v) is 6.16. The van der Waals surface area contributed by atoms with Crippen LogP contribution in [-0.4, -0.2) is 14.2 Å². The zero-order valence-electron chi connectivity index (χ0n) is 6.16. The Morgan fingerprint density at radius 1 is 1.40 bits per heavy atom. The molecule has 0 spiro atoms. The molecule has 0 aliphatic heterocycles. The fourth-order valence-electron chi connectivity index (χ4n) is 0.750. The first-order valence-corrected chi connectivity index (χ1v) is 3.10. The molecule has 10 heavy (non-hydrogen) atoms. The van der Waals surface area contributed by atoms with Crippen molar-refractivity contribution < 1.29 is 4.74 Å². The van der Waals surface area contributed by atoms with Gasteiger partial charge in [-0.2, -0.15) is 0 Å². The van der Waals surface area contributed by atoms with Gasteiger partial charge in [0.1, 0.15) is 5.75 Å². The third-order valence-corrected chi connectivity index (χ3v) is 1.31. The number of nitrogens with zero attached hydrogens (tertiary/aromatic N) is 1. The van der Waals surface area contributed by atoms with Gasteiger partial charge in [0, 0.05) is 13.1 Å². The molecule has 0 fully saturated rings. The highest BCUT2D eigenvalue weighted by atomic mass is 16.5. The van der Waals surface area contributed by atoms with Crippen molar-refractivity contribution in [3.8, 4) is 5.75 Å². The van der Waals surface area contributed by atoms with E-state index in [1.165, 1.54) is 0 Å². The lowest BCUT2D eigenvalue weighted by atomic mass is 10.3. The lowest BCUT2D eigenvalue weighted by Gasteiger charge is -2.00. The minimum atomic E-state index is 0.850. The van der Waals surface area contributed by atoms with Gasteiger partial charge in [0.15, 0.2) is 0 Å². The molecule has 1 rings (SSSR count). The van der Waals surface area contributed by atoms with Crippen molar-refractivity contribution >= 4 is 5.69 Å². The van der Waals surface area contributed by atoms with Gasteiger partial charge in [-0.05, 0) is 12.1 Å². The van der Waals surface area contributed by atoms with Gasteiger partial charge in [-0.25, -0.2) is 0 Å². The second kappa shape index (κ2) is 3.11. The molecule has 1 aromatic carbocycles. The standard InChI is InChI=1S/C8H10NO/c1-9-7-4-3-5-8(6-7)10-2/h3-6H,1-2H3. The van der Waals surface area contributed by atoms with Crippen LogP contribution in [0.5, 0.6) is 5.75 Å². The molecule has 0 aromatic heterocycles. The number of ether oxygens (including phenoxy) is 1. The van der Waals surface area contributed by atoms with E-state index in [-0.39, 0.29) is 0 Å². The van der Waals surface area contributed by atoms with E-state index in [0.29, 0.717) is 0 Å². The Kier molecular flexibility index (Phi) is 2.15. The molecule has 0 unspecified atom stereocenters. The molecule has 0 aliphatic carbocycles. The smallest absolute Gasteiger partial charge is 0.120 e. The van der Waals surface area contributed by atoms with Crippen molar-refractivity contribution in [3.63, 3.8) is 0 Å². The highest BCUT2D eigenvalue weighted by molar-refractivity contribution is 5.41. The number of hydrogen-bond acceptors (Lipinski definition) is 1. The monoisotopic (exact) mass is 136 g/mol. The summed E-state index contributed by atoms with van der Waals surface area (Å²) in [5, 5.41) is 4.00. The first kappa shape index (κ1) is 6.93. The molecule has 0 atom stereocenters. The molecule has 1 aromatic rings. The Hall–Kier alpha value is -1.18. The number of methoxy groups -OCH3 is 1. The van der Waals surface area contributed by atoms with E-state index >= 15 is 0 Å². The first-order valence-electron chi connectivity index (χ1n) is 3.10. The maximum atomic E-state index is 5.00. The van der Waals surface area contributed by atoms with Crippen LogP contribution in [0, 0.1) is 0 Å². The third-order valence-electron chi connectivity index (χ3n) is 1.31. The summed E-state index contributed by atoms with van der Waals surface area (Å²) in [6, 6.07) is 7.64. The Bertz CT molecular complexity index is 191. The lowest BCUT2D eigenvalue weighted by molar-refractivity contribution is 0.415. The summed E-state index contributed by atoms with van der Waals surface area (Å²) < 4.78 is 5.00. The van der Waals surface area contributed by atoms with Crippen LogP contribution < -0.4 is 10.1 Å². The van der Waals surface area contributed by atoms with Crippen LogP contribution in [0.15, 0.2) is 24.3 Å². The minimum absolute atomic E-state index is 0.850. The molecule has 2 nitrogen and oxygen atoms in total. The van der Waals surface area contributed by atoms with Crippen LogP contribution in [0.1, 0.15) is 0 Å². The molecule has 0 N–H and O–H groups in total. The van der Waals surface area contributed by atoms with Crippen LogP contribution >= 0.6 is 0 Å². The summed E-state index contributed by atoms with van der Waals surface area (Å²) in [5.74, 6) is 0.850. The van der Waals surface area contributed by atoms with Crippen molar-refractivity contribution in [1.29, 1.82) is 0 Å². The molecule has 2 heteroatoms. The van der Waals surface area contributed by atoms with Gasteiger partial charge in [-0.1, -0.05) is 6.07 Å². The maximum absolute atomic E-state index is 5.00. The van der Waals surface area contributed by atoms with Crippen LogP contribution in [-0.2, 0) is 0 Å². The topological polar surface area (TPSA) is 23.3 Å². The largest absolute Gasteiger partial charge is 0.497 e. The number of hydrogen-bond donors (Lipinski definition) is 0. The van der Waals surface area contributed by atoms with Gasteiger partial charge < -0.3 is 4.74 Å². The molecule has 0 bridgehead atoms. The summed E-state index contributed by atoms with van der Waals surface area (Å²) in [6.45, 7) is 0. The zero-order chi connectivity index (χ0) is 7.40. The summed E-state index contributed by atoms with van der Waals surface area (Å²) in [6.07, 6.45) is 0. The van der Waals surface area contributed by atoms with Gasteiger partial charge >= 0.3 is 0 Å². The summed E-state index contributed by atoms with van der Waals surface area (Å²) in [7, 11) is 3.41. The predicted molar refractivity (Wildman–Crippen MR) is 40.7 cm³/mol. The molecule has 1 radical (unpaired) electrons. The van der Waals surface area contributed by atoms with E-state index in [4.69, 9.17) is 4.74 Å². The normalized spacial score (nSPS) is 9.00. The molecule has 0 amide bonds. The molecular formula is C8H10NO. The van der Waals surface area contributed by atoms with E-state index in [1.807, 2.05) is 24.3 Å². The van der Waals surface area contributed by atoms with E-state index in [2.05, 4.69) is 5.32 Å². The van der Waals surface area contributed by atoms with Gasteiger partial charge in [0.25, 0.3) is 0 Å². The van der Waals surface area contributed by atoms with E-state index in [1.54, 1.807) is 14.2 Å². The van der Waals surface area contributed by atoms with Crippen molar-refractivity contribution in [2.24, 2.45) is 0 Å². The number of rotatable bonds is 2. The van der Waals surface area contributed by atoms with Crippen molar-refractivity contribution in [3.05, 3.63) is 24.3 Å². The third kappa shape index (κ3) is 1.41. The Morgan fingerprint density at radius 3 is 2.80 bits per heavy atom. The molecule has 0 saturated carbocycles. The van der Waals surface area contributed by atoms with Crippen molar-refractivity contribution in [2.75, 3.05) is 14.2 Å². The lowest BCUT2D eigenvalue weighted by Crippen LogP contribution is -1.87. The molecule has 0 saturated heterocycles. The fraction of sp³-hybridized carbons (Fsp3) is 0.250. The minimum Gasteiger partial charge on any atom is -0.497 e. The molecule has 0 aliphatic rings. The Morgan fingerprint density at radius 2 is 2.20 bits per heavy atom. The predicted octanol–water partition coefficient (Wildman–Crippen LogP) is 1.56. The fourth-order valence-corrected chi connectivity index (χ4v) is 0.750. The van der Waals surface area contributed by atoms with E-state index in [9.17, 15) is 0 Å². The molecule has 53 valence electrons. The highest BCUT2D eigenvalue weighted by Gasteiger charge is 1.91. The first-order chi connectivity index (χ1) is 4.86. The van der Waals surface area contributed by atoms with Crippen LogP contribution in [0.25, 0.3) is 0 Å². The maximum Gasteiger partial charge on any atom is 0.120 e. The highest BCUT2D eigenvalue weighted by Crippen LogP contribution is 2.15. The van der Waals surface area contributed by atoms with E-state index in [0.717, 1.165) is 11.4 Å². The second-order valence-electron chi connectivity index (χ2n) is 1.93. The van der Waals surface area contributed by atoms with Gasteiger partial charge in [-0.15, -0.1) is 0 Å². The van der Waals surface area contributed by atoms with Crippen LogP contribution in [0.4, 0.5) is 5.69 Å². The van der Waals surface area contributed by atoms with E-state index < -0.39 is 0 Å². The Balaban J connectivity index is 2.87. The average Bonchev–Trinajstić information content (AvgIpc) is 2.05. The van der Waals surface area contributed by atoms with Gasteiger partial charge in [-0.3, -0.25) is 5.32 Å². The Labute approximate surface area is 60.8 Å². The molecular weight excluding hydrogens is 126 g/mol. The van der Waals surface area contributed by atoms with Crippen LogP contribution in [0.3, 0.4) is 0 Å². The average molecular weight is 136 g/mol. The SMILES string of the molecule is C[N]c1cccc(OC)c1. The van der Waals surface area contributed by atoms with Crippen LogP contribution in [0.2, 0.25) is 0 Å². The second-order valence-corrected chi connectivity index (χ2v) is 1.93. The molecule has 0 heterocycles. The van der Waals surface area contributed by atoms with Gasteiger partial charge in [0.05, 0.1) is 12.8 Å². The quantitative estimate of drug-likeness (QED) is 0.605. The summed E-state index contributed by atoms with van der Waals surface area (Å²) in [4.78, 5) is 0. The van der Waals surface area contributed by atoms with Crippen molar-refractivity contribution in [2.45, 2.75) is 0 Å². The summed E-state index contributed by atoms with van der Waals surface area (Å²) in [5.41, 5.74) is 0.944. The van der Waals surface area contributed by atoms with Crippen molar-refractivity contribution in [1.82, 2.24) is 5.32 Å². The number of benzene rings is 1. The van der Waals surface area contributed by atoms with Gasteiger partial charge in [0.2, 0.25) is 0 Å². The summed E-state index contributed by atoms with van der Waals surface area (Å²) >= 11 is 0.